The second-order valence-corrected chi connectivity index (χ2v) is 16.2. The number of benzene rings is 6. The Hall–Kier alpha value is -6.18. The van der Waals surface area contributed by atoms with Gasteiger partial charge in [0.2, 0.25) is 0 Å². The largest absolute Gasteiger partial charge is 0.208 e. The molecule has 0 aliphatic heterocycles. The second kappa shape index (κ2) is 13.3. The van der Waals surface area contributed by atoms with Gasteiger partial charge < -0.3 is 0 Å². The molecule has 1 heterocycles. The number of fused-ring (bicyclic) bond motifs is 8. The Kier molecular flexibility index (Phi) is 8.07. The summed E-state index contributed by atoms with van der Waals surface area (Å²) in [5.41, 5.74) is 13.5. The van der Waals surface area contributed by atoms with Gasteiger partial charge in [0.25, 0.3) is 0 Å². The van der Waals surface area contributed by atoms with Crippen LogP contribution in [-0.4, -0.2) is 15.0 Å². The molecule has 3 aliphatic carbocycles. The van der Waals surface area contributed by atoms with Crippen LogP contribution >= 0.6 is 0 Å². The van der Waals surface area contributed by atoms with Gasteiger partial charge in [-0.2, -0.15) is 5.26 Å². The lowest BCUT2D eigenvalue weighted by molar-refractivity contribution is 0.0426. The van der Waals surface area contributed by atoms with Crippen molar-refractivity contribution < 1.29 is 0 Å². The summed E-state index contributed by atoms with van der Waals surface area (Å²) in [7, 11) is 0. The zero-order valence-electron chi connectivity index (χ0n) is 31.3. The topological polar surface area (TPSA) is 62.5 Å². The molecule has 3 aliphatic rings. The maximum absolute atomic E-state index is 10.5. The molecule has 2 fully saturated rings. The molecule has 1 aromatic heterocycles. The minimum absolute atomic E-state index is 0.101. The van der Waals surface area contributed by atoms with Crippen LogP contribution in [0.25, 0.3) is 67.5 Å². The first-order valence-corrected chi connectivity index (χ1v) is 19.8. The first kappa shape index (κ1) is 33.4. The molecule has 266 valence electrons. The van der Waals surface area contributed by atoms with E-state index < -0.39 is 0 Å². The summed E-state index contributed by atoms with van der Waals surface area (Å²) >= 11 is 0. The average Bonchev–Trinajstić information content (AvgIpc) is 3.52. The Labute approximate surface area is 323 Å². The first-order valence-electron chi connectivity index (χ1n) is 19.8. The van der Waals surface area contributed by atoms with Crippen LogP contribution in [0.5, 0.6) is 0 Å². The normalized spacial score (nSPS) is 22.1. The number of nitrogens with zero attached hydrogens (tertiary/aromatic N) is 4. The van der Waals surface area contributed by atoms with Crippen molar-refractivity contribution in [2.75, 3.05) is 0 Å². The van der Waals surface area contributed by atoms with Gasteiger partial charge in [-0.15, -0.1) is 0 Å². The lowest BCUT2D eigenvalue weighted by Gasteiger charge is -2.54. The average molecular weight is 711 g/mol. The minimum atomic E-state index is -0.101. The van der Waals surface area contributed by atoms with Crippen molar-refractivity contribution in [1.29, 1.82) is 5.26 Å². The molecule has 10 rings (SSSR count). The van der Waals surface area contributed by atoms with Crippen molar-refractivity contribution in [3.63, 3.8) is 0 Å². The van der Waals surface area contributed by atoms with E-state index in [9.17, 15) is 5.26 Å². The van der Waals surface area contributed by atoms with Crippen LogP contribution in [0.2, 0.25) is 0 Å². The smallest absolute Gasteiger partial charge is 0.164 e. The van der Waals surface area contributed by atoms with E-state index in [4.69, 9.17) is 15.0 Å². The Morgan fingerprint density at radius 1 is 0.491 bits per heavy atom. The third kappa shape index (κ3) is 5.52. The van der Waals surface area contributed by atoms with E-state index in [-0.39, 0.29) is 5.41 Å². The van der Waals surface area contributed by atoms with Crippen molar-refractivity contribution >= 4 is 0 Å². The molecule has 0 radical (unpaired) electrons. The fraction of sp³-hybridized carbons (Fsp3) is 0.216. The van der Waals surface area contributed by atoms with Crippen LogP contribution in [0.3, 0.4) is 0 Å². The summed E-state index contributed by atoms with van der Waals surface area (Å²) in [4.78, 5) is 14.8. The van der Waals surface area contributed by atoms with E-state index >= 15 is 0 Å². The monoisotopic (exact) mass is 710 g/mol. The van der Waals surface area contributed by atoms with Gasteiger partial charge in [0.15, 0.2) is 17.5 Å². The zero-order chi connectivity index (χ0) is 37.1. The highest BCUT2D eigenvalue weighted by atomic mass is 15.0. The quantitative estimate of drug-likeness (QED) is 0.178. The van der Waals surface area contributed by atoms with Gasteiger partial charge in [-0.1, -0.05) is 141 Å². The van der Waals surface area contributed by atoms with Gasteiger partial charge in [0.1, 0.15) is 0 Å². The van der Waals surface area contributed by atoms with Crippen LogP contribution in [0.15, 0.2) is 146 Å². The van der Waals surface area contributed by atoms with Gasteiger partial charge in [0.05, 0.1) is 11.6 Å². The predicted octanol–water partition coefficient (Wildman–Crippen LogP) is 12.4. The van der Waals surface area contributed by atoms with Crippen molar-refractivity contribution in [3.8, 4) is 73.6 Å². The molecule has 2 bridgehead atoms. The van der Waals surface area contributed by atoms with Crippen LogP contribution < -0.4 is 0 Å². The molecule has 55 heavy (non-hydrogen) atoms. The molecule has 6 aromatic carbocycles. The first-order chi connectivity index (χ1) is 27.0. The third-order valence-electron chi connectivity index (χ3n) is 12.9. The molecule has 5 unspecified atom stereocenters. The molecule has 5 atom stereocenters. The van der Waals surface area contributed by atoms with Gasteiger partial charge in [-0.3, -0.25) is 0 Å². The summed E-state index contributed by atoms with van der Waals surface area (Å²) < 4.78 is 0. The number of hydrogen-bond acceptors (Lipinski definition) is 4. The summed E-state index contributed by atoms with van der Waals surface area (Å²) in [6.07, 6.45) is 5.09. The van der Waals surface area contributed by atoms with E-state index in [0.717, 1.165) is 39.3 Å². The Morgan fingerprint density at radius 2 is 1.02 bits per heavy atom. The standard InChI is InChI=1S/C51H42N4/c1-32-24-34-26-33(2)51(42(25-32)27-34)46-29-40(22-23-43(46)45-28-41(31-52)44(30-47(45)51)36-12-6-3-7-13-36)35-18-20-39(21-19-35)50-54-48(37-14-8-4-9-15-37)53-49(55-50)38-16-10-5-11-17-38/h3-23,28-30,32-34,42H,24-27H2,1-2H3. The Morgan fingerprint density at radius 3 is 1.62 bits per heavy atom. The third-order valence-corrected chi connectivity index (χ3v) is 12.9. The lowest BCUT2D eigenvalue weighted by atomic mass is 9.49. The van der Waals surface area contributed by atoms with Gasteiger partial charge >= 0.3 is 0 Å². The van der Waals surface area contributed by atoms with E-state index in [1.807, 2.05) is 60.7 Å². The van der Waals surface area contributed by atoms with Crippen molar-refractivity contribution in [3.05, 3.63) is 162 Å². The van der Waals surface area contributed by atoms with Gasteiger partial charge in [-0.05, 0) is 112 Å². The fourth-order valence-electron chi connectivity index (χ4n) is 10.7. The maximum atomic E-state index is 10.5. The fourth-order valence-corrected chi connectivity index (χ4v) is 10.7. The van der Waals surface area contributed by atoms with E-state index in [1.165, 1.54) is 59.1 Å². The SMILES string of the molecule is CC1CC2CC(C)C3(c4cc(-c5ccc(-c6nc(-c7ccccc7)nc(-c7ccccc7)n6)cc5)ccc4-c4cc(C#N)c(-c5ccccc5)cc43)C(C1)C2. The van der Waals surface area contributed by atoms with Gasteiger partial charge in [0, 0.05) is 22.1 Å². The number of hydrogen-bond donors (Lipinski definition) is 0. The number of aromatic nitrogens is 3. The van der Waals surface area contributed by atoms with Crippen LogP contribution in [0.4, 0.5) is 0 Å². The summed E-state index contributed by atoms with van der Waals surface area (Å²) in [5.74, 6) is 4.51. The highest BCUT2D eigenvalue weighted by Gasteiger charge is 2.56. The summed E-state index contributed by atoms with van der Waals surface area (Å²) in [6, 6.07) is 53.8. The van der Waals surface area contributed by atoms with E-state index in [0.29, 0.717) is 35.2 Å². The van der Waals surface area contributed by atoms with Crippen LogP contribution in [-0.2, 0) is 5.41 Å². The van der Waals surface area contributed by atoms with Crippen LogP contribution in [0.1, 0.15) is 56.2 Å². The van der Waals surface area contributed by atoms with Gasteiger partial charge in [-0.25, -0.2) is 15.0 Å². The molecule has 4 nitrogen and oxygen atoms in total. The Bertz CT molecular complexity index is 2530. The highest BCUT2D eigenvalue weighted by Crippen LogP contribution is 2.65. The molecule has 7 aromatic rings. The lowest BCUT2D eigenvalue weighted by Crippen LogP contribution is -2.49. The highest BCUT2D eigenvalue weighted by molar-refractivity contribution is 5.89. The zero-order valence-corrected chi connectivity index (χ0v) is 31.3. The molecule has 2 saturated carbocycles. The van der Waals surface area contributed by atoms with Crippen molar-refractivity contribution in [2.24, 2.45) is 23.7 Å². The molecular weight excluding hydrogens is 669 g/mol. The summed E-state index contributed by atoms with van der Waals surface area (Å²) in [5, 5.41) is 10.5. The van der Waals surface area contributed by atoms with Crippen molar-refractivity contribution in [2.45, 2.75) is 44.9 Å². The molecule has 0 amide bonds. The molecule has 1 spiro atoms. The maximum Gasteiger partial charge on any atom is 0.164 e. The molecule has 4 heteroatoms. The number of nitriles is 1. The number of rotatable bonds is 5. The van der Waals surface area contributed by atoms with Crippen LogP contribution in [0, 0.1) is 35.0 Å². The minimum Gasteiger partial charge on any atom is -0.208 e. The second-order valence-electron chi connectivity index (χ2n) is 16.2. The van der Waals surface area contributed by atoms with E-state index in [2.05, 4.69) is 105 Å². The Balaban J connectivity index is 1.09. The van der Waals surface area contributed by atoms with Crippen molar-refractivity contribution in [1.82, 2.24) is 15.0 Å². The summed E-state index contributed by atoms with van der Waals surface area (Å²) in [6.45, 7) is 4.97. The molecular formula is C51H42N4. The molecule has 0 N–H and O–H groups in total. The van der Waals surface area contributed by atoms with E-state index in [1.54, 1.807) is 0 Å². The predicted molar refractivity (Wildman–Crippen MR) is 222 cm³/mol. The molecule has 0 saturated heterocycles.